The molecule has 0 radical (unpaired) electrons. The Balaban J connectivity index is 1.06. The molecule has 66 heavy (non-hydrogen) atoms. The van der Waals surface area contributed by atoms with Crippen LogP contribution in [0.1, 0.15) is 34.6 Å². The molecule has 0 bridgehead atoms. The van der Waals surface area contributed by atoms with Gasteiger partial charge in [0.25, 0.3) is 0 Å². The van der Waals surface area contributed by atoms with E-state index >= 15 is 0 Å². The van der Waals surface area contributed by atoms with Crippen LogP contribution in [0.4, 0.5) is 17.1 Å². The summed E-state index contributed by atoms with van der Waals surface area (Å²) in [7, 11) is 0. The van der Waals surface area contributed by atoms with Gasteiger partial charge in [-0.25, -0.2) is 4.98 Å². The van der Waals surface area contributed by atoms with E-state index in [9.17, 15) is 0 Å². The number of aromatic nitrogens is 2. The quantitative estimate of drug-likeness (QED) is 0.152. The van der Waals surface area contributed by atoms with Gasteiger partial charge in [0, 0.05) is 28.2 Å². The van der Waals surface area contributed by atoms with Crippen LogP contribution >= 0.6 is 0 Å². The Hall–Kier alpha value is -8.74. The molecule has 2 aliphatic heterocycles. The highest BCUT2D eigenvalue weighted by Crippen LogP contribution is 2.47. The van der Waals surface area contributed by atoms with Crippen LogP contribution in [0.15, 0.2) is 248 Å². The average molecular weight is 849 g/mol. The number of benzene rings is 9. The Bertz CT molecular complexity index is 3430. The van der Waals surface area contributed by atoms with Crippen LogP contribution < -0.4 is 15.5 Å². The maximum Gasteiger partial charge on any atom is 0.145 e. The number of anilines is 3. The van der Waals surface area contributed by atoms with Gasteiger partial charge in [-0.1, -0.05) is 158 Å². The second-order valence-electron chi connectivity index (χ2n) is 16.8. The fourth-order valence-corrected chi connectivity index (χ4v) is 9.45. The summed E-state index contributed by atoms with van der Waals surface area (Å²) in [6.07, 6.45) is 1.52. The molecule has 0 saturated carbocycles. The number of fused-ring (bicyclic) bond motifs is 2. The molecule has 0 amide bonds. The minimum atomic E-state index is -0.456. The van der Waals surface area contributed by atoms with Crippen LogP contribution in [0.5, 0.6) is 0 Å². The summed E-state index contributed by atoms with van der Waals surface area (Å²) in [6, 6.07) is 83.7. The maximum absolute atomic E-state index is 5.62. The van der Waals surface area contributed by atoms with Gasteiger partial charge in [0.05, 0.1) is 28.1 Å². The molecule has 6 heteroatoms. The van der Waals surface area contributed by atoms with Gasteiger partial charge in [0.1, 0.15) is 18.2 Å². The number of para-hydroxylation sites is 6. The van der Waals surface area contributed by atoms with Crippen LogP contribution in [-0.2, 0) is 0 Å². The van der Waals surface area contributed by atoms with E-state index in [0.717, 1.165) is 95.5 Å². The third kappa shape index (κ3) is 7.30. The van der Waals surface area contributed by atoms with Gasteiger partial charge in [-0.3, -0.25) is 9.56 Å². The molecule has 2 atom stereocenters. The summed E-state index contributed by atoms with van der Waals surface area (Å²) in [6.45, 7) is 0. The summed E-state index contributed by atoms with van der Waals surface area (Å²) in [5, 5.41) is 7.88. The molecule has 6 nitrogen and oxygen atoms in total. The SMILES string of the molecule is C1=C(c2cccc(-c3ccccc3)c2)NC(c2cc(-c3nc4ccccc4n3-c3ccccc3)cc(C3Nc4ccccc4N3c3ccccc3)c2)N=C1c1cccc(-c2ccccc2)c1. The molecule has 3 heterocycles. The molecule has 314 valence electrons. The van der Waals surface area contributed by atoms with Crippen molar-refractivity contribution >= 4 is 39.5 Å². The number of hydrogen-bond acceptors (Lipinski definition) is 5. The Labute approximate surface area is 384 Å². The van der Waals surface area contributed by atoms with Crippen molar-refractivity contribution in [3.63, 3.8) is 0 Å². The van der Waals surface area contributed by atoms with Crippen molar-refractivity contribution in [2.75, 3.05) is 10.2 Å². The molecule has 10 aromatic rings. The first-order valence-electron chi connectivity index (χ1n) is 22.5. The van der Waals surface area contributed by atoms with E-state index < -0.39 is 6.17 Å². The zero-order valence-corrected chi connectivity index (χ0v) is 36.0. The molecule has 9 aromatic carbocycles. The van der Waals surface area contributed by atoms with E-state index in [1.54, 1.807) is 0 Å². The standard InChI is InChI=1S/C60H44N6/c1-5-19-41(20-6-1)43-23-17-25-45(35-43)54-40-55(46-26-18-24-44(36-46)42-21-7-2-8-22-42)62-58(61-54)47-37-48(59-63-52-31-13-15-33-56(52)65(59)50-27-9-3-10-28-50)39-49(38-47)60-64-53-32-14-16-34-57(53)66(60)51-29-11-4-12-30-51/h1-40,58-59,61,63H. The summed E-state index contributed by atoms with van der Waals surface area (Å²) < 4.78 is 2.28. The van der Waals surface area contributed by atoms with Crippen molar-refractivity contribution in [1.29, 1.82) is 0 Å². The molecular weight excluding hydrogens is 805 g/mol. The first-order chi connectivity index (χ1) is 32.7. The zero-order valence-electron chi connectivity index (χ0n) is 36.0. The lowest BCUT2D eigenvalue weighted by atomic mass is 9.96. The lowest BCUT2D eigenvalue weighted by Gasteiger charge is -2.30. The van der Waals surface area contributed by atoms with Crippen molar-refractivity contribution in [3.8, 4) is 39.3 Å². The van der Waals surface area contributed by atoms with Crippen molar-refractivity contribution in [3.05, 3.63) is 265 Å². The fourth-order valence-electron chi connectivity index (χ4n) is 9.45. The molecule has 2 aliphatic rings. The Kier molecular flexibility index (Phi) is 9.87. The number of nitrogens with one attached hydrogen (secondary N) is 2. The Morgan fingerprint density at radius 3 is 1.70 bits per heavy atom. The van der Waals surface area contributed by atoms with Gasteiger partial charge in [-0.2, -0.15) is 0 Å². The van der Waals surface area contributed by atoms with E-state index in [2.05, 4.69) is 263 Å². The molecule has 2 unspecified atom stereocenters. The van der Waals surface area contributed by atoms with Gasteiger partial charge < -0.3 is 15.5 Å². The van der Waals surface area contributed by atoms with Crippen molar-refractivity contribution < 1.29 is 0 Å². The topological polar surface area (TPSA) is 57.5 Å². The highest BCUT2D eigenvalue weighted by Gasteiger charge is 2.33. The van der Waals surface area contributed by atoms with Gasteiger partial charge in [0.2, 0.25) is 0 Å². The number of hydrogen-bond donors (Lipinski definition) is 2. The highest BCUT2D eigenvalue weighted by molar-refractivity contribution is 6.13. The average Bonchev–Trinajstić information content (AvgIpc) is 3.99. The van der Waals surface area contributed by atoms with E-state index in [0.29, 0.717) is 0 Å². The van der Waals surface area contributed by atoms with Crippen LogP contribution in [0.2, 0.25) is 0 Å². The molecule has 12 rings (SSSR count). The van der Waals surface area contributed by atoms with Gasteiger partial charge >= 0.3 is 0 Å². The minimum absolute atomic E-state index is 0.231. The zero-order chi connectivity index (χ0) is 43.8. The van der Waals surface area contributed by atoms with Crippen molar-refractivity contribution in [2.45, 2.75) is 12.3 Å². The monoisotopic (exact) mass is 848 g/mol. The number of nitrogens with zero attached hydrogens (tertiary/aromatic N) is 4. The first-order valence-corrected chi connectivity index (χ1v) is 22.5. The van der Waals surface area contributed by atoms with E-state index in [1.165, 1.54) is 5.56 Å². The second-order valence-corrected chi connectivity index (χ2v) is 16.8. The summed E-state index contributed by atoms with van der Waals surface area (Å²) >= 11 is 0. The van der Waals surface area contributed by atoms with Crippen molar-refractivity contribution in [1.82, 2.24) is 14.9 Å². The van der Waals surface area contributed by atoms with Gasteiger partial charge in [-0.15, -0.1) is 0 Å². The minimum Gasteiger partial charge on any atom is -0.360 e. The summed E-state index contributed by atoms with van der Waals surface area (Å²) in [4.78, 5) is 13.4. The number of imidazole rings is 1. The molecule has 0 fully saturated rings. The second kappa shape index (κ2) is 16.8. The molecule has 0 spiro atoms. The van der Waals surface area contributed by atoms with Gasteiger partial charge in [-0.05, 0) is 124 Å². The third-order valence-corrected chi connectivity index (χ3v) is 12.6. The number of allylic oxidation sites excluding steroid dienone is 1. The largest absolute Gasteiger partial charge is 0.360 e. The van der Waals surface area contributed by atoms with Crippen LogP contribution in [0.3, 0.4) is 0 Å². The normalized spacial score (nSPS) is 15.4. The first kappa shape index (κ1) is 38.9. The van der Waals surface area contributed by atoms with Crippen LogP contribution in [0.25, 0.3) is 56.1 Å². The number of rotatable bonds is 9. The predicted octanol–water partition coefficient (Wildman–Crippen LogP) is 14.4. The number of aliphatic imine (C=N–C) groups is 1. The lowest BCUT2D eigenvalue weighted by Crippen LogP contribution is -2.26. The van der Waals surface area contributed by atoms with Crippen molar-refractivity contribution in [2.24, 2.45) is 4.99 Å². The smallest absolute Gasteiger partial charge is 0.145 e. The highest BCUT2D eigenvalue weighted by atomic mass is 15.3. The Morgan fingerprint density at radius 1 is 0.409 bits per heavy atom. The molecule has 1 aromatic heterocycles. The Morgan fingerprint density at radius 2 is 0.970 bits per heavy atom. The molecular formula is C60H44N6. The molecule has 2 N–H and O–H groups in total. The summed E-state index contributed by atoms with van der Waals surface area (Å²) in [5.41, 5.74) is 18.0. The van der Waals surface area contributed by atoms with Crippen LogP contribution in [-0.4, -0.2) is 15.3 Å². The third-order valence-electron chi connectivity index (χ3n) is 12.6. The molecule has 0 saturated heterocycles. The predicted molar refractivity (Wildman–Crippen MR) is 272 cm³/mol. The fraction of sp³-hybridized carbons (Fsp3) is 0.0333. The summed E-state index contributed by atoms with van der Waals surface area (Å²) in [5.74, 6) is 0.856. The van der Waals surface area contributed by atoms with Gasteiger partial charge in [0.15, 0.2) is 0 Å². The van der Waals surface area contributed by atoms with E-state index in [1.807, 2.05) is 0 Å². The van der Waals surface area contributed by atoms with E-state index in [4.69, 9.17) is 9.98 Å². The molecule has 0 aliphatic carbocycles. The lowest BCUT2D eigenvalue weighted by molar-refractivity contribution is 0.661. The van der Waals surface area contributed by atoms with E-state index in [-0.39, 0.29) is 6.17 Å². The van der Waals surface area contributed by atoms with Crippen LogP contribution in [0, 0.1) is 0 Å². The maximum atomic E-state index is 5.62.